The van der Waals surface area contributed by atoms with Crippen LogP contribution in [0.5, 0.6) is 0 Å². The van der Waals surface area contributed by atoms with E-state index in [9.17, 15) is 0 Å². The lowest BCUT2D eigenvalue weighted by Crippen LogP contribution is -2.07. The minimum atomic E-state index is -0.175. The minimum absolute atomic E-state index is 0.175. The van der Waals surface area contributed by atoms with Crippen molar-refractivity contribution in [3.05, 3.63) is 5.69 Å². The van der Waals surface area contributed by atoms with Gasteiger partial charge in [0.15, 0.2) is 5.69 Å². The molecule has 7 nitrogen and oxygen atoms in total. The second kappa shape index (κ2) is 6.20. The van der Waals surface area contributed by atoms with E-state index in [4.69, 9.17) is 21.5 Å². The number of hydrogen-bond donors (Lipinski definition) is 2. The molecule has 0 saturated heterocycles. The van der Waals surface area contributed by atoms with E-state index in [-0.39, 0.29) is 10.9 Å². The number of nitrogens with zero attached hydrogens (tertiary/aromatic N) is 3. The van der Waals surface area contributed by atoms with E-state index in [1.165, 1.54) is 0 Å². The Morgan fingerprint density at radius 3 is 3.13 bits per heavy atom. The third-order valence-electron chi connectivity index (χ3n) is 1.59. The Hall–Kier alpha value is -1.34. The summed E-state index contributed by atoms with van der Waals surface area (Å²) in [5, 5.41) is 21.0. The summed E-state index contributed by atoms with van der Waals surface area (Å²) < 4.78 is 9.33. The topological polar surface area (TPSA) is 92.8 Å². The molecule has 0 aliphatic heterocycles. The Balaban J connectivity index is 2.50. The molecule has 84 valence electrons. The maximum absolute atomic E-state index is 8.44. The van der Waals surface area contributed by atoms with Gasteiger partial charge in [-0.3, -0.25) is 0 Å². The monoisotopic (exact) mass is 234 g/mol. The van der Waals surface area contributed by atoms with Crippen molar-refractivity contribution in [2.75, 3.05) is 25.6 Å². The van der Waals surface area contributed by atoms with Crippen LogP contribution >= 0.6 is 11.6 Å². The van der Waals surface area contributed by atoms with E-state index >= 15 is 0 Å². The molecule has 1 aromatic heterocycles. The molecule has 0 spiro atoms. The zero-order valence-electron chi connectivity index (χ0n) is 8.10. The predicted octanol–water partition coefficient (Wildman–Crippen LogP) is 0.893. The van der Waals surface area contributed by atoms with Crippen LogP contribution in [0.4, 0.5) is 5.82 Å². The van der Waals surface area contributed by atoms with Crippen molar-refractivity contribution < 1.29 is 14.6 Å². The first-order chi connectivity index (χ1) is 7.29. The molecule has 0 atom stereocenters. The molecule has 1 heterocycles. The van der Waals surface area contributed by atoms with E-state index in [1.807, 2.05) is 0 Å². The number of nitrogens with one attached hydrogen (secondary N) is 1. The molecule has 2 N–H and O–H groups in total. The second-order valence-corrected chi connectivity index (χ2v) is 2.98. The highest BCUT2D eigenvalue weighted by atomic mass is 35.5. The van der Waals surface area contributed by atoms with Crippen molar-refractivity contribution in [3.8, 4) is 0 Å². The first-order valence-electron chi connectivity index (χ1n) is 4.23. The summed E-state index contributed by atoms with van der Waals surface area (Å²) in [6.45, 7) is 1.26. The zero-order valence-corrected chi connectivity index (χ0v) is 8.86. The van der Waals surface area contributed by atoms with Crippen LogP contribution in [0.2, 0.25) is 0 Å². The van der Waals surface area contributed by atoms with Crippen molar-refractivity contribution in [2.24, 2.45) is 5.16 Å². The van der Waals surface area contributed by atoms with E-state index in [1.54, 1.807) is 7.11 Å². The van der Waals surface area contributed by atoms with Gasteiger partial charge in [-0.25, -0.2) is 4.63 Å². The van der Waals surface area contributed by atoms with Gasteiger partial charge in [-0.15, -0.1) is 0 Å². The molecular formula is C7H11ClN4O3. The molecular weight excluding hydrogens is 224 g/mol. The molecule has 0 fully saturated rings. The highest BCUT2D eigenvalue weighted by molar-refractivity contribution is 6.69. The number of methoxy groups -OCH3 is 1. The summed E-state index contributed by atoms with van der Waals surface area (Å²) in [4.78, 5) is 0. The normalized spacial score (nSPS) is 11.7. The molecule has 0 saturated carbocycles. The number of anilines is 1. The molecule has 1 aromatic rings. The van der Waals surface area contributed by atoms with Crippen LogP contribution in [0, 0.1) is 0 Å². The summed E-state index contributed by atoms with van der Waals surface area (Å²) in [6.07, 6.45) is 0.802. The number of aromatic nitrogens is 2. The number of halogens is 1. The van der Waals surface area contributed by atoms with Crippen molar-refractivity contribution in [1.29, 1.82) is 0 Å². The van der Waals surface area contributed by atoms with Gasteiger partial charge in [0.05, 0.1) is 0 Å². The number of oxime groups is 1. The lowest BCUT2D eigenvalue weighted by atomic mass is 10.4. The van der Waals surface area contributed by atoms with Crippen molar-refractivity contribution in [2.45, 2.75) is 6.42 Å². The number of rotatable bonds is 6. The quantitative estimate of drug-likeness (QED) is 0.329. The van der Waals surface area contributed by atoms with Gasteiger partial charge in [-0.1, -0.05) is 16.8 Å². The zero-order chi connectivity index (χ0) is 11.1. The van der Waals surface area contributed by atoms with Gasteiger partial charge in [0.25, 0.3) is 0 Å². The average molecular weight is 235 g/mol. The van der Waals surface area contributed by atoms with E-state index < -0.39 is 0 Å². The van der Waals surface area contributed by atoms with Crippen molar-refractivity contribution in [3.63, 3.8) is 0 Å². The summed E-state index contributed by atoms with van der Waals surface area (Å²) in [5.41, 5.74) is 0.177. The smallest absolute Gasteiger partial charge is 0.201 e. The Labute approximate surface area is 91.0 Å². The fourth-order valence-electron chi connectivity index (χ4n) is 0.911. The summed E-state index contributed by atoms with van der Waals surface area (Å²) in [7, 11) is 1.62. The Morgan fingerprint density at radius 1 is 1.67 bits per heavy atom. The van der Waals surface area contributed by atoms with Gasteiger partial charge in [-0.2, -0.15) is 0 Å². The molecule has 0 amide bonds. The number of ether oxygens (including phenoxy) is 1. The SMILES string of the molecule is COCCCNc1nonc1/C(Cl)=N\O. The average Bonchev–Trinajstić information content (AvgIpc) is 2.71. The fraction of sp³-hybridized carbons (Fsp3) is 0.571. The summed E-state index contributed by atoms with van der Waals surface area (Å²) >= 11 is 5.55. The van der Waals surface area contributed by atoms with Gasteiger partial charge in [0.2, 0.25) is 11.0 Å². The Morgan fingerprint density at radius 2 is 2.47 bits per heavy atom. The van der Waals surface area contributed by atoms with Crippen LogP contribution in [0.25, 0.3) is 0 Å². The van der Waals surface area contributed by atoms with Crippen molar-refractivity contribution >= 4 is 22.6 Å². The highest BCUT2D eigenvalue weighted by Gasteiger charge is 2.14. The predicted molar refractivity (Wildman–Crippen MR) is 53.5 cm³/mol. The standard InChI is InChI=1S/C7H11ClN4O3/c1-14-4-2-3-9-7-5(6(8)10-13)11-15-12-7/h13H,2-4H2,1H3,(H,9,12)/b10-6+. The molecule has 0 radical (unpaired) electrons. The largest absolute Gasteiger partial charge is 0.410 e. The van der Waals surface area contributed by atoms with Crippen LogP contribution in [-0.4, -0.2) is 41.0 Å². The van der Waals surface area contributed by atoms with Gasteiger partial charge < -0.3 is 15.3 Å². The molecule has 0 bridgehead atoms. The minimum Gasteiger partial charge on any atom is -0.410 e. The van der Waals surface area contributed by atoms with E-state index in [0.717, 1.165) is 6.42 Å². The van der Waals surface area contributed by atoms with Crippen molar-refractivity contribution in [1.82, 2.24) is 10.3 Å². The maximum Gasteiger partial charge on any atom is 0.201 e. The maximum atomic E-state index is 8.44. The van der Waals surface area contributed by atoms with Gasteiger partial charge in [0.1, 0.15) is 0 Å². The Bertz CT molecular complexity index is 328. The lowest BCUT2D eigenvalue weighted by molar-refractivity contribution is 0.197. The van der Waals surface area contributed by atoms with Crippen LogP contribution in [0.1, 0.15) is 12.1 Å². The highest BCUT2D eigenvalue weighted by Crippen LogP contribution is 2.12. The van der Waals surface area contributed by atoms with Gasteiger partial charge in [0, 0.05) is 20.3 Å². The van der Waals surface area contributed by atoms with Gasteiger partial charge in [-0.05, 0) is 16.7 Å². The molecule has 0 unspecified atom stereocenters. The molecule has 0 aliphatic rings. The fourth-order valence-corrected chi connectivity index (χ4v) is 1.03. The molecule has 0 aliphatic carbocycles. The van der Waals surface area contributed by atoms with Crippen LogP contribution in [0.3, 0.4) is 0 Å². The first kappa shape index (κ1) is 11.7. The van der Waals surface area contributed by atoms with E-state index in [0.29, 0.717) is 19.0 Å². The third-order valence-corrected chi connectivity index (χ3v) is 1.84. The van der Waals surface area contributed by atoms with E-state index in [2.05, 4.69) is 25.4 Å². The van der Waals surface area contributed by atoms with Gasteiger partial charge >= 0.3 is 0 Å². The second-order valence-electron chi connectivity index (χ2n) is 2.63. The molecule has 1 rings (SSSR count). The molecule has 15 heavy (non-hydrogen) atoms. The van der Waals surface area contributed by atoms with Crippen LogP contribution in [0.15, 0.2) is 9.78 Å². The Kier molecular flexibility index (Phi) is 4.85. The third kappa shape index (κ3) is 3.37. The molecule has 8 heteroatoms. The summed E-state index contributed by atoms with van der Waals surface area (Å²) in [6, 6.07) is 0. The van der Waals surface area contributed by atoms with Crippen LogP contribution in [-0.2, 0) is 4.74 Å². The lowest BCUT2D eigenvalue weighted by Gasteiger charge is -2.01. The first-order valence-corrected chi connectivity index (χ1v) is 4.60. The summed E-state index contributed by atoms with van der Waals surface area (Å²) in [5.74, 6) is 0.342. The number of hydrogen-bond acceptors (Lipinski definition) is 7. The molecule has 0 aromatic carbocycles. The van der Waals surface area contributed by atoms with Crippen LogP contribution < -0.4 is 5.32 Å².